The van der Waals surface area contributed by atoms with Crippen LogP contribution in [0, 0.1) is 5.82 Å². The summed E-state index contributed by atoms with van der Waals surface area (Å²) in [6.07, 6.45) is 0.336. The third kappa shape index (κ3) is 7.11. The fourth-order valence-corrected chi connectivity index (χ4v) is 3.12. The van der Waals surface area contributed by atoms with Crippen molar-refractivity contribution < 1.29 is 18.7 Å². The minimum Gasteiger partial charge on any atom is -0.493 e. The number of ether oxygens (including phenoxy) is 2. The summed E-state index contributed by atoms with van der Waals surface area (Å²) in [6, 6.07) is 11.2. The van der Waals surface area contributed by atoms with Crippen molar-refractivity contribution >= 4 is 5.91 Å². The SMILES string of the molecule is COc1cc(-c2nnc(CCC(=O)NCCN(C)C)c(=O)[nH]2)ccc1OCc1cccc(F)c1. The maximum Gasteiger partial charge on any atom is 0.273 e. The summed E-state index contributed by atoms with van der Waals surface area (Å²) in [7, 11) is 5.34. The summed E-state index contributed by atoms with van der Waals surface area (Å²) >= 11 is 0. The Bertz CT molecular complexity index is 1180. The number of likely N-dealkylation sites (N-methyl/N-ethyl adjacent to an activating group) is 1. The quantitative estimate of drug-likeness (QED) is 0.443. The van der Waals surface area contributed by atoms with E-state index in [1.54, 1.807) is 30.3 Å². The normalized spacial score (nSPS) is 10.9. The number of aryl methyl sites for hydroxylation is 1. The fraction of sp³-hybridized carbons (Fsp3) is 0.333. The Hall–Kier alpha value is -3.79. The first-order chi connectivity index (χ1) is 16.4. The van der Waals surface area contributed by atoms with Gasteiger partial charge in [-0.1, -0.05) is 12.1 Å². The number of nitrogens with zero attached hydrogens (tertiary/aromatic N) is 3. The van der Waals surface area contributed by atoms with Crippen molar-refractivity contribution in [1.82, 2.24) is 25.4 Å². The second kappa shape index (κ2) is 11.9. The summed E-state index contributed by atoms with van der Waals surface area (Å²) in [5.41, 5.74) is 1.04. The van der Waals surface area contributed by atoms with Crippen molar-refractivity contribution in [3.05, 3.63) is 69.9 Å². The standard InChI is InChI=1S/C24H28FN5O4/c1-30(2)12-11-26-22(31)10-8-19-24(32)27-23(29-28-19)17-7-9-20(21(14-17)33-3)34-15-16-5-4-6-18(25)13-16/h4-7,9,13-14H,8,10-12,15H2,1-3H3,(H,26,31)(H,27,29,32). The summed E-state index contributed by atoms with van der Waals surface area (Å²) in [5.74, 6) is 0.668. The molecule has 1 heterocycles. The molecule has 2 N–H and O–H groups in total. The maximum absolute atomic E-state index is 13.4. The Morgan fingerprint density at radius 1 is 1.15 bits per heavy atom. The van der Waals surface area contributed by atoms with E-state index in [0.717, 1.165) is 6.54 Å². The number of halogens is 1. The van der Waals surface area contributed by atoms with Crippen LogP contribution in [0.4, 0.5) is 4.39 Å². The van der Waals surface area contributed by atoms with E-state index in [-0.39, 0.29) is 42.7 Å². The number of rotatable bonds is 11. The fourth-order valence-electron chi connectivity index (χ4n) is 3.12. The molecule has 0 aliphatic carbocycles. The van der Waals surface area contributed by atoms with E-state index < -0.39 is 5.56 Å². The molecule has 0 saturated carbocycles. The third-order valence-corrected chi connectivity index (χ3v) is 4.96. The Balaban J connectivity index is 1.64. The molecule has 1 amide bonds. The molecule has 180 valence electrons. The zero-order valence-corrected chi connectivity index (χ0v) is 19.4. The van der Waals surface area contributed by atoms with Gasteiger partial charge in [0.1, 0.15) is 18.1 Å². The van der Waals surface area contributed by atoms with Gasteiger partial charge < -0.3 is 24.7 Å². The minimum absolute atomic E-state index is 0.148. The molecule has 0 aliphatic heterocycles. The zero-order valence-electron chi connectivity index (χ0n) is 19.4. The molecule has 0 radical (unpaired) electrons. The van der Waals surface area contributed by atoms with E-state index in [4.69, 9.17) is 9.47 Å². The molecule has 3 aromatic rings. The van der Waals surface area contributed by atoms with Gasteiger partial charge in [-0.15, -0.1) is 10.2 Å². The Morgan fingerprint density at radius 2 is 1.97 bits per heavy atom. The monoisotopic (exact) mass is 469 g/mol. The van der Waals surface area contributed by atoms with Gasteiger partial charge in [-0.25, -0.2) is 4.39 Å². The van der Waals surface area contributed by atoms with Gasteiger partial charge in [-0.2, -0.15) is 0 Å². The molecule has 0 atom stereocenters. The smallest absolute Gasteiger partial charge is 0.273 e. The molecular weight excluding hydrogens is 441 g/mol. The highest BCUT2D eigenvalue weighted by Crippen LogP contribution is 2.31. The van der Waals surface area contributed by atoms with E-state index in [1.807, 2.05) is 19.0 Å². The number of benzene rings is 2. The van der Waals surface area contributed by atoms with Gasteiger partial charge in [0.25, 0.3) is 5.56 Å². The number of carbonyl (C=O) groups is 1. The Labute approximate surface area is 196 Å². The van der Waals surface area contributed by atoms with E-state index in [1.165, 1.54) is 19.2 Å². The molecule has 0 saturated heterocycles. The number of carbonyl (C=O) groups excluding carboxylic acids is 1. The molecule has 0 spiro atoms. The van der Waals surface area contributed by atoms with Crippen LogP contribution in [0.3, 0.4) is 0 Å². The van der Waals surface area contributed by atoms with Crippen LogP contribution in [-0.4, -0.2) is 60.3 Å². The number of amides is 1. The number of hydrogen-bond acceptors (Lipinski definition) is 7. The lowest BCUT2D eigenvalue weighted by atomic mass is 10.2. The Morgan fingerprint density at radius 3 is 2.68 bits per heavy atom. The van der Waals surface area contributed by atoms with E-state index in [9.17, 15) is 14.0 Å². The van der Waals surface area contributed by atoms with Gasteiger partial charge in [0.15, 0.2) is 17.3 Å². The zero-order chi connectivity index (χ0) is 24.5. The van der Waals surface area contributed by atoms with Crippen molar-refractivity contribution in [2.45, 2.75) is 19.4 Å². The summed E-state index contributed by atoms with van der Waals surface area (Å²) in [5, 5.41) is 10.9. The molecule has 0 aliphatic rings. The average molecular weight is 470 g/mol. The highest BCUT2D eigenvalue weighted by Gasteiger charge is 2.12. The number of nitrogens with one attached hydrogen (secondary N) is 2. The highest BCUT2D eigenvalue weighted by molar-refractivity contribution is 5.76. The lowest BCUT2D eigenvalue weighted by Crippen LogP contribution is -2.32. The first-order valence-corrected chi connectivity index (χ1v) is 10.8. The lowest BCUT2D eigenvalue weighted by molar-refractivity contribution is -0.121. The summed E-state index contributed by atoms with van der Waals surface area (Å²) in [4.78, 5) is 29.0. The van der Waals surface area contributed by atoms with Crippen molar-refractivity contribution in [1.29, 1.82) is 0 Å². The second-order valence-corrected chi connectivity index (χ2v) is 7.89. The molecular formula is C24H28FN5O4. The van der Waals surface area contributed by atoms with Crippen molar-refractivity contribution in [2.75, 3.05) is 34.3 Å². The van der Waals surface area contributed by atoms with Gasteiger partial charge in [0.05, 0.1) is 7.11 Å². The lowest BCUT2D eigenvalue weighted by Gasteiger charge is -2.12. The first-order valence-electron chi connectivity index (χ1n) is 10.8. The minimum atomic E-state index is -0.406. The number of aromatic nitrogens is 3. The summed E-state index contributed by atoms with van der Waals surface area (Å²) < 4.78 is 24.5. The molecule has 1 aromatic heterocycles. The van der Waals surface area contributed by atoms with Gasteiger partial charge in [-0.3, -0.25) is 9.59 Å². The van der Waals surface area contributed by atoms with E-state index >= 15 is 0 Å². The predicted molar refractivity (Wildman–Crippen MR) is 125 cm³/mol. The maximum atomic E-state index is 13.4. The van der Waals surface area contributed by atoms with Crippen LogP contribution in [0.2, 0.25) is 0 Å². The van der Waals surface area contributed by atoms with Crippen LogP contribution in [0.15, 0.2) is 47.3 Å². The van der Waals surface area contributed by atoms with E-state index in [2.05, 4.69) is 20.5 Å². The van der Waals surface area contributed by atoms with E-state index in [0.29, 0.717) is 29.2 Å². The molecule has 2 aromatic carbocycles. The van der Waals surface area contributed by atoms with Crippen molar-refractivity contribution in [2.24, 2.45) is 0 Å². The van der Waals surface area contributed by atoms with Gasteiger partial charge >= 0.3 is 0 Å². The van der Waals surface area contributed by atoms with Crippen LogP contribution in [-0.2, 0) is 17.8 Å². The van der Waals surface area contributed by atoms with Crippen LogP contribution < -0.4 is 20.3 Å². The van der Waals surface area contributed by atoms with Gasteiger partial charge in [-0.05, 0) is 50.0 Å². The number of methoxy groups -OCH3 is 1. The largest absolute Gasteiger partial charge is 0.493 e. The van der Waals surface area contributed by atoms with Gasteiger partial charge in [0.2, 0.25) is 5.91 Å². The van der Waals surface area contributed by atoms with Crippen LogP contribution >= 0.6 is 0 Å². The van der Waals surface area contributed by atoms with Gasteiger partial charge in [0, 0.05) is 31.5 Å². The molecule has 3 rings (SSSR count). The highest BCUT2D eigenvalue weighted by atomic mass is 19.1. The molecule has 34 heavy (non-hydrogen) atoms. The molecule has 9 nitrogen and oxygen atoms in total. The predicted octanol–water partition coefficient (Wildman–Crippen LogP) is 2.17. The molecule has 10 heteroatoms. The molecule has 0 unspecified atom stereocenters. The first kappa shape index (κ1) is 24.8. The van der Waals surface area contributed by atoms with Crippen molar-refractivity contribution in [3.8, 4) is 22.9 Å². The molecule has 0 fully saturated rings. The summed E-state index contributed by atoms with van der Waals surface area (Å²) in [6.45, 7) is 1.44. The average Bonchev–Trinajstić information content (AvgIpc) is 2.81. The molecule has 0 bridgehead atoms. The number of aromatic amines is 1. The number of hydrogen-bond donors (Lipinski definition) is 2. The van der Waals surface area contributed by atoms with Crippen molar-refractivity contribution in [3.63, 3.8) is 0 Å². The van der Waals surface area contributed by atoms with Crippen LogP contribution in [0.5, 0.6) is 11.5 Å². The third-order valence-electron chi connectivity index (χ3n) is 4.96. The number of H-pyrrole nitrogens is 1. The van der Waals surface area contributed by atoms with Crippen LogP contribution in [0.25, 0.3) is 11.4 Å². The second-order valence-electron chi connectivity index (χ2n) is 7.89. The van der Waals surface area contributed by atoms with Crippen LogP contribution in [0.1, 0.15) is 17.7 Å². The Kier molecular flexibility index (Phi) is 8.69. The topological polar surface area (TPSA) is 109 Å².